The fourth-order valence-corrected chi connectivity index (χ4v) is 3.47. The molecule has 136 valence electrons. The van der Waals surface area contributed by atoms with Crippen LogP contribution < -0.4 is 0 Å². The van der Waals surface area contributed by atoms with Crippen molar-refractivity contribution >= 4 is 17.7 Å². The van der Waals surface area contributed by atoms with E-state index in [0.29, 0.717) is 31.9 Å². The van der Waals surface area contributed by atoms with Crippen molar-refractivity contribution in [3.63, 3.8) is 0 Å². The summed E-state index contributed by atoms with van der Waals surface area (Å²) < 4.78 is 5.14. The Morgan fingerprint density at radius 1 is 0.880 bits per heavy atom. The van der Waals surface area contributed by atoms with Crippen LogP contribution in [0.5, 0.6) is 0 Å². The molecule has 0 aliphatic carbocycles. The highest BCUT2D eigenvalue weighted by molar-refractivity contribution is 6.04. The summed E-state index contributed by atoms with van der Waals surface area (Å²) in [6.45, 7) is 6.64. The van der Waals surface area contributed by atoms with Gasteiger partial charge in [-0.1, -0.05) is 0 Å². The summed E-state index contributed by atoms with van der Waals surface area (Å²) in [4.78, 5) is 43.0. The van der Waals surface area contributed by atoms with E-state index in [-0.39, 0.29) is 17.7 Å². The monoisotopic (exact) mass is 347 g/mol. The maximum absolute atomic E-state index is 12.9. The molecule has 2 aliphatic heterocycles. The fraction of sp³-hybridized carbons (Fsp3) is 0.611. The van der Waals surface area contributed by atoms with Crippen molar-refractivity contribution in [1.29, 1.82) is 0 Å². The van der Waals surface area contributed by atoms with Crippen molar-refractivity contribution in [2.24, 2.45) is 5.41 Å². The van der Waals surface area contributed by atoms with Crippen LogP contribution >= 0.6 is 0 Å². The SMILES string of the molecule is CC(C)(C(=O)N1CCCC1)C(=O)N1CCN(C(=O)c2ccco2)CC1. The Morgan fingerprint density at radius 3 is 1.92 bits per heavy atom. The van der Waals surface area contributed by atoms with E-state index in [4.69, 9.17) is 4.42 Å². The molecule has 3 rings (SSSR count). The van der Waals surface area contributed by atoms with Gasteiger partial charge in [0, 0.05) is 39.3 Å². The molecule has 0 radical (unpaired) electrons. The Hall–Kier alpha value is -2.31. The van der Waals surface area contributed by atoms with Crippen LogP contribution in [0.25, 0.3) is 0 Å². The predicted molar refractivity (Wildman–Crippen MR) is 90.8 cm³/mol. The molecule has 2 fully saturated rings. The van der Waals surface area contributed by atoms with Gasteiger partial charge in [0.15, 0.2) is 5.76 Å². The van der Waals surface area contributed by atoms with Gasteiger partial charge in [-0.25, -0.2) is 0 Å². The molecule has 1 aromatic rings. The largest absolute Gasteiger partial charge is 0.459 e. The average Bonchev–Trinajstić information content (AvgIpc) is 3.33. The third-order valence-corrected chi connectivity index (χ3v) is 5.05. The lowest BCUT2D eigenvalue weighted by molar-refractivity contribution is -0.154. The minimum absolute atomic E-state index is 0.0934. The predicted octanol–water partition coefficient (Wildman–Crippen LogP) is 1.21. The van der Waals surface area contributed by atoms with Gasteiger partial charge in [-0.2, -0.15) is 0 Å². The van der Waals surface area contributed by atoms with Crippen molar-refractivity contribution in [2.45, 2.75) is 26.7 Å². The number of hydrogen-bond acceptors (Lipinski definition) is 4. The molecule has 0 aromatic carbocycles. The lowest BCUT2D eigenvalue weighted by Crippen LogP contribution is -2.56. The van der Waals surface area contributed by atoms with E-state index in [0.717, 1.165) is 25.9 Å². The van der Waals surface area contributed by atoms with Gasteiger partial charge in [0.25, 0.3) is 5.91 Å². The smallest absolute Gasteiger partial charge is 0.289 e. The molecule has 3 amide bonds. The molecule has 7 heteroatoms. The van der Waals surface area contributed by atoms with Crippen molar-refractivity contribution in [2.75, 3.05) is 39.3 Å². The Balaban J connectivity index is 1.59. The summed E-state index contributed by atoms with van der Waals surface area (Å²) in [5, 5.41) is 0. The second-order valence-electron chi connectivity index (χ2n) is 7.19. The molecule has 1 aromatic heterocycles. The van der Waals surface area contributed by atoms with Crippen LogP contribution in [0.2, 0.25) is 0 Å². The molecule has 0 unspecified atom stereocenters. The lowest BCUT2D eigenvalue weighted by Gasteiger charge is -2.38. The number of likely N-dealkylation sites (tertiary alicyclic amines) is 1. The van der Waals surface area contributed by atoms with Crippen LogP contribution in [0.15, 0.2) is 22.8 Å². The van der Waals surface area contributed by atoms with Crippen LogP contribution in [-0.4, -0.2) is 71.7 Å². The van der Waals surface area contributed by atoms with Gasteiger partial charge >= 0.3 is 0 Å². The number of piperazine rings is 1. The summed E-state index contributed by atoms with van der Waals surface area (Å²) in [7, 11) is 0. The van der Waals surface area contributed by atoms with E-state index < -0.39 is 5.41 Å². The van der Waals surface area contributed by atoms with E-state index in [1.807, 2.05) is 0 Å². The molecule has 2 aliphatic rings. The minimum Gasteiger partial charge on any atom is -0.459 e. The van der Waals surface area contributed by atoms with Crippen molar-refractivity contribution in [3.05, 3.63) is 24.2 Å². The quantitative estimate of drug-likeness (QED) is 0.771. The summed E-state index contributed by atoms with van der Waals surface area (Å²) in [5.74, 6) is -0.104. The van der Waals surface area contributed by atoms with E-state index >= 15 is 0 Å². The third-order valence-electron chi connectivity index (χ3n) is 5.05. The number of nitrogens with zero attached hydrogens (tertiary/aromatic N) is 3. The number of carbonyl (C=O) groups excluding carboxylic acids is 3. The molecule has 3 heterocycles. The molecule has 25 heavy (non-hydrogen) atoms. The van der Waals surface area contributed by atoms with Gasteiger partial charge in [-0.15, -0.1) is 0 Å². The van der Waals surface area contributed by atoms with Gasteiger partial charge in [0.2, 0.25) is 11.8 Å². The zero-order valence-corrected chi connectivity index (χ0v) is 14.9. The summed E-state index contributed by atoms with van der Waals surface area (Å²) in [6, 6.07) is 3.32. The second kappa shape index (κ2) is 6.90. The van der Waals surface area contributed by atoms with Crippen molar-refractivity contribution < 1.29 is 18.8 Å². The van der Waals surface area contributed by atoms with Crippen LogP contribution in [0.1, 0.15) is 37.2 Å². The Bertz CT molecular complexity index is 639. The summed E-state index contributed by atoms with van der Waals surface area (Å²) >= 11 is 0. The normalized spacial score (nSPS) is 18.6. The highest BCUT2D eigenvalue weighted by Crippen LogP contribution is 2.25. The number of hydrogen-bond donors (Lipinski definition) is 0. The first-order chi connectivity index (χ1) is 11.9. The van der Waals surface area contributed by atoms with E-state index in [2.05, 4.69) is 0 Å². The molecule has 7 nitrogen and oxygen atoms in total. The number of furan rings is 1. The van der Waals surface area contributed by atoms with E-state index in [1.54, 1.807) is 40.7 Å². The van der Waals surface area contributed by atoms with Gasteiger partial charge < -0.3 is 19.1 Å². The Labute approximate surface area is 147 Å². The molecular formula is C18H25N3O4. The van der Waals surface area contributed by atoms with Crippen LogP contribution in [0, 0.1) is 5.41 Å². The zero-order chi connectivity index (χ0) is 18.0. The van der Waals surface area contributed by atoms with Gasteiger partial charge in [0.1, 0.15) is 5.41 Å². The van der Waals surface area contributed by atoms with E-state index in [9.17, 15) is 14.4 Å². The first-order valence-electron chi connectivity index (χ1n) is 8.83. The topological polar surface area (TPSA) is 74.1 Å². The molecular weight excluding hydrogens is 322 g/mol. The fourth-order valence-electron chi connectivity index (χ4n) is 3.47. The highest BCUT2D eigenvalue weighted by Gasteiger charge is 2.43. The van der Waals surface area contributed by atoms with E-state index in [1.165, 1.54) is 6.26 Å². The maximum Gasteiger partial charge on any atom is 0.289 e. The molecule has 0 saturated carbocycles. The van der Waals surface area contributed by atoms with Crippen molar-refractivity contribution in [3.8, 4) is 0 Å². The van der Waals surface area contributed by atoms with Crippen LogP contribution in [-0.2, 0) is 9.59 Å². The lowest BCUT2D eigenvalue weighted by atomic mass is 9.89. The standard InChI is InChI=1S/C18H25N3O4/c1-18(2,16(23)20-7-3-4-8-20)17(24)21-11-9-19(10-12-21)15(22)14-6-5-13-25-14/h5-6,13H,3-4,7-12H2,1-2H3. The minimum atomic E-state index is -1.06. The van der Waals surface area contributed by atoms with Gasteiger partial charge in [0.05, 0.1) is 6.26 Å². The summed E-state index contributed by atoms with van der Waals surface area (Å²) in [5.41, 5.74) is -1.06. The number of amides is 3. The average molecular weight is 347 g/mol. The van der Waals surface area contributed by atoms with Gasteiger partial charge in [-0.3, -0.25) is 14.4 Å². The molecule has 2 saturated heterocycles. The molecule has 0 N–H and O–H groups in total. The highest BCUT2D eigenvalue weighted by atomic mass is 16.3. The Morgan fingerprint density at radius 2 is 1.40 bits per heavy atom. The number of rotatable bonds is 3. The first-order valence-corrected chi connectivity index (χ1v) is 8.83. The number of carbonyl (C=O) groups is 3. The summed E-state index contributed by atoms with van der Waals surface area (Å²) in [6.07, 6.45) is 3.48. The zero-order valence-electron chi connectivity index (χ0n) is 14.9. The molecule has 0 bridgehead atoms. The van der Waals surface area contributed by atoms with Crippen LogP contribution in [0.3, 0.4) is 0 Å². The molecule has 0 atom stereocenters. The van der Waals surface area contributed by atoms with Gasteiger partial charge in [-0.05, 0) is 38.8 Å². The van der Waals surface area contributed by atoms with Crippen molar-refractivity contribution in [1.82, 2.24) is 14.7 Å². The third kappa shape index (κ3) is 3.41. The molecule has 0 spiro atoms. The first kappa shape index (κ1) is 17.5. The second-order valence-corrected chi connectivity index (χ2v) is 7.19. The maximum atomic E-state index is 12.9. The van der Waals surface area contributed by atoms with Crippen LogP contribution in [0.4, 0.5) is 0 Å². The Kier molecular flexibility index (Phi) is 4.83.